The van der Waals surface area contributed by atoms with Gasteiger partial charge in [-0.2, -0.15) is 5.10 Å². The molecule has 0 aliphatic rings. The lowest BCUT2D eigenvalue weighted by molar-refractivity contribution is 0.0929. The Morgan fingerprint density at radius 1 is 1.03 bits per heavy atom. The molecule has 0 saturated heterocycles. The van der Waals surface area contributed by atoms with E-state index in [1.807, 2.05) is 54.6 Å². The molecule has 6 heteroatoms. The minimum atomic E-state index is -0.448. The van der Waals surface area contributed by atoms with Crippen LogP contribution in [0.5, 0.6) is 5.75 Å². The van der Waals surface area contributed by atoms with Crippen molar-refractivity contribution in [1.29, 1.82) is 0 Å². The predicted molar refractivity (Wildman–Crippen MR) is 114 cm³/mol. The van der Waals surface area contributed by atoms with Crippen LogP contribution < -0.4 is 10.2 Å². The standard InChI is InChI=1S/C23H17ClN2O3/c24-19-10-11-21-18(12-19)13-22(29-21)23(27)26-25-14-17-8-4-5-9-20(17)28-15-16-6-2-1-3-7-16/h1-14H,15H2,(H,26,27). The number of carbonyl (C=O) groups excluding carboxylic acids is 1. The first-order valence-corrected chi connectivity index (χ1v) is 9.35. The van der Waals surface area contributed by atoms with E-state index in [0.29, 0.717) is 23.0 Å². The number of benzene rings is 3. The minimum Gasteiger partial charge on any atom is -0.488 e. The van der Waals surface area contributed by atoms with Gasteiger partial charge in [0, 0.05) is 16.0 Å². The number of ether oxygens (including phenoxy) is 1. The van der Waals surface area contributed by atoms with Crippen LogP contribution in [0.2, 0.25) is 5.02 Å². The van der Waals surface area contributed by atoms with Gasteiger partial charge in [0.15, 0.2) is 5.76 Å². The molecule has 0 radical (unpaired) electrons. The maximum atomic E-state index is 12.3. The number of furan rings is 1. The van der Waals surface area contributed by atoms with Crippen LogP contribution in [-0.2, 0) is 6.61 Å². The lowest BCUT2D eigenvalue weighted by Crippen LogP contribution is -2.16. The third-order valence-electron chi connectivity index (χ3n) is 4.23. The molecule has 0 aliphatic carbocycles. The zero-order chi connectivity index (χ0) is 20.1. The molecule has 0 unspecified atom stereocenters. The summed E-state index contributed by atoms with van der Waals surface area (Å²) in [5.74, 6) is 0.386. The van der Waals surface area contributed by atoms with Gasteiger partial charge in [0.1, 0.15) is 17.9 Å². The fourth-order valence-electron chi connectivity index (χ4n) is 2.80. The summed E-state index contributed by atoms with van der Waals surface area (Å²) in [6.45, 7) is 0.444. The highest BCUT2D eigenvalue weighted by molar-refractivity contribution is 6.31. The van der Waals surface area contributed by atoms with E-state index in [1.54, 1.807) is 24.3 Å². The average Bonchev–Trinajstić information content (AvgIpc) is 3.17. The largest absolute Gasteiger partial charge is 0.488 e. The first kappa shape index (κ1) is 18.8. The maximum absolute atomic E-state index is 12.3. The number of rotatable bonds is 6. The van der Waals surface area contributed by atoms with Crippen molar-refractivity contribution in [2.75, 3.05) is 0 Å². The van der Waals surface area contributed by atoms with Crippen LogP contribution in [0, 0.1) is 0 Å². The van der Waals surface area contributed by atoms with Crippen LogP contribution >= 0.6 is 11.6 Å². The number of halogens is 1. The summed E-state index contributed by atoms with van der Waals surface area (Å²) in [6, 6.07) is 24.2. The molecule has 0 atom stereocenters. The van der Waals surface area contributed by atoms with Crippen molar-refractivity contribution in [3.63, 3.8) is 0 Å². The van der Waals surface area contributed by atoms with Crippen LogP contribution in [0.3, 0.4) is 0 Å². The van der Waals surface area contributed by atoms with Crippen LogP contribution in [0.25, 0.3) is 11.0 Å². The van der Waals surface area contributed by atoms with E-state index < -0.39 is 5.91 Å². The van der Waals surface area contributed by atoms with Gasteiger partial charge >= 0.3 is 5.91 Å². The Bertz CT molecular complexity index is 1170. The molecule has 3 aromatic carbocycles. The summed E-state index contributed by atoms with van der Waals surface area (Å²) in [5.41, 5.74) is 4.88. The first-order valence-electron chi connectivity index (χ1n) is 8.97. The number of para-hydroxylation sites is 1. The van der Waals surface area contributed by atoms with Gasteiger partial charge in [-0.3, -0.25) is 4.79 Å². The van der Waals surface area contributed by atoms with E-state index in [4.69, 9.17) is 20.8 Å². The molecule has 4 aromatic rings. The maximum Gasteiger partial charge on any atom is 0.307 e. The van der Waals surface area contributed by atoms with Gasteiger partial charge in [0.25, 0.3) is 0 Å². The number of nitrogens with zero attached hydrogens (tertiary/aromatic N) is 1. The molecule has 144 valence electrons. The van der Waals surface area contributed by atoms with Gasteiger partial charge < -0.3 is 9.15 Å². The number of fused-ring (bicyclic) bond motifs is 1. The van der Waals surface area contributed by atoms with E-state index in [2.05, 4.69) is 10.5 Å². The first-order chi connectivity index (χ1) is 14.2. The van der Waals surface area contributed by atoms with Gasteiger partial charge in [0.05, 0.1) is 6.21 Å². The Morgan fingerprint density at radius 3 is 2.69 bits per heavy atom. The highest BCUT2D eigenvalue weighted by atomic mass is 35.5. The summed E-state index contributed by atoms with van der Waals surface area (Å²) in [7, 11) is 0. The van der Waals surface area contributed by atoms with Crippen molar-refractivity contribution in [3.8, 4) is 5.75 Å². The second-order valence-corrected chi connectivity index (χ2v) is 6.74. The van der Waals surface area contributed by atoms with Gasteiger partial charge in [-0.25, -0.2) is 5.43 Å². The Morgan fingerprint density at radius 2 is 1.83 bits per heavy atom. The fourth-order valence-corrected chi connectivity index (χ4v) is 2.98. The SMILES string of the molecule is O=C(NN=Cc1ccccc1OCc1ccccc1)c1cc2cc(Cl)ccc2o1. The smallest absolute Gasteiger partial charge is 0.307 e. The lowest BCUT2D eigenvalue weighted by atomic mass is 10.2. The molecule has 0 aliphatic heterocycles. The second-order valence-electron chi connectivity index (χ2n) is 6.30. The molecule has 0 saturated carbocycles. The van der Waals surface area contributed by atoms with Crippen molar-refractivity contribution >= 4 is 34.7 Å². The van der Waals surface area contributed by atoms with Crippen molar-refractivity contribution in [2.24, 2.45) is 5.10 Å². The number of amides is 1. The van der Waals surface area contributed by atoms with Gasteiger partial charge in [-0.15, -0.1) is 0 Å². The van der Waals surface area contributed by atoms with Crippen LogP contribution in [0.15, 0.2) is 88.4 Å². The zero-order valence-electron chi connectivity index (χ0n) is 15.3. The third kappa shape index (κ3) is 4.65. The van der Waals surface area contributed by atoms with Gasteiger partial charge in [0.2, 0.25) is 0 Å². The molecule has 0 spiro atoms. The van der Waals surface area contributed by atoms with Crippen molar-refractivity contribution in [2.45, 2.75) is 6.61 Å². The predicted octanol–water partition coefficient (Wildman–Crippen LogP) is 5.43. The molecule has 29 heavy (non-hydrogen) atoms. The Hall–Kier alpha value is -3.57. The molecular weight excluding hydrogens is 388 g/mol. The molecule has 1 N–H and O–H groups in total. The van der Waals surface area contributed by atoms with E-state index in [9.17, 15) is 4.79 Å². The lowest BCUT2D eigenvalue weighted by Gasteiger charge is -2.08. The van der Waals surface area contributed by atoms with E-state index in [0.717, 1.165) is 16.5 Å². The number of carbonyl (C=O) groups is 1. The number of hydrogen-bond acceptors (Lipinski definition) is 4. The summed E-state index contributed by atoms with van der Waals surface area (Å²) < 4.78 is 11.4. The van der Waals surface area contributed by atoms with Crippen LogP contribution in [-0.4, -0.2) is 12.1 Å². The fraction of sp³-hybridized carbons (Fsp3) is 0.0435. The van der Waals surface area contributed by atoms with E-state index >= 15 is 0 Å². The third-order valence-corrected chi connectivity index (χ3v) is 4.46. The summed E-state index contributed by atoms with van der Waals surface area (Å²) >= 11 is 5.96. The molecule has 1 amide bonds. The van der Waals surface area contributed by atoms with E-state index in [1.165, 1.54) is 6.21 Å². The Labute approximate surface area is 172 Å². The highest BCUT2D eigenvalue weighted by Gasteiger charge is 2.12. The molecule has 1 heterocycles. The molecular formula is C23H17ClN2O3. The van der Waals surface area contributed by atoms with Crippen molar-refractivity contribution in [1.82, 2.24) is 5.43 Å². The van der Waals surface area contributed by atoms with E-state index in [-0.39, 0.29) is 5.76 Å². The minimum absolute atomic E-state index is 0.160. The number of hydrogen-bond donors (Lipinski definition) is 1. The average molecular weight is 405 g/mol. The zero-order valence-corrected chi connectivity index (χ0v) is 16.1. The molecule has 5 nitrogen and oxygen atoms in total. The molecule has 4 rings (SSSR count). The molecule has 0 fully saturated rings. The van der Waals surface area contributed by atoms with Crippen molar-refractivity contribution < 1.29 is 13.9 Å². The number of nitrogens with one attached hydrogen (secondary N) is 1. The topological polar surface area (TPSA) is 63.8 Å². The molecule has 0 bridgehead atoms. The monoisotopic (exact) mass is 404 g/mol. The normalized spacial score (nSPS) is 11.1. The highest BCUT2D eigenvalue weighted by Crippen LogP contribution is 2.23. The second kappa shape index (κ2) is 8.63. The van der Waals surface area contributed by atoms with Gasteiger partial charge in [-0.05, 0) is 42.0 Å². The Balaban J connectivity index is 1.42. The summed E-state index contributed by atoms with van der Waals surface area (Å²) in [5, 5.41) is 5.37. The van der Waals surface area contributed by atoms with Gasteiger partial charge in [-0.1, -0.05) is 54.1 Å². The number of hydrazone groups is 1. The summed E-state index contributed by atoms with van der Waals surface area (Å²) in [4.78, 5) is 12.3. The van der Waals surface area contributed by atoms with Crippen LogP contribution in [0.1, 0.15) is 21.7 Å². The van der Waals surface area contributed by atoms with Crippen LogP contribution in [0.4, 0.5) is 0 Å². The molecule has 1 aromatic heterocycles. The Kier molecular flexibility index (Phi) is 5.59. The quantitative estimate of drug-likeness (QED) is 0.344. The summed E-state index contributed by atoms with van der Waals surface area (Å²) in [6.07, 6.45) is 1.54. The van der Waals surface area contributed by atoms with Crippen molar-refractivity contribution in [3.05, 3.63) is 101 Å².